The molecule has 3 aromatic rings. The van der Waals surface area contributed by atoms with Gasteiger partial charge in [-0.25, -0.2) is 8.42 Å². The summed E-state index contributed by atoms with van der Waals surface area (Å²) in [6, 6.07) is 19.2. The minimum atomic E-state index is -3.70. The van der Waals surface area contributed by atoms with E-state index in [0.717, 1.165) is 5.56 Å². The summed E-state index contributed by atoms with van der Waals surface area (Å²) in [5, 5.41) is 12.4. The lowest BCUT2D eigenvalue weighted by molar-refractivity contribution is 0.102. The molecule has 2 N–H and O–H groups in total. The van der Waals surface area contributed by atoms with Gasteiger partial charge >= 0.3 is 0 Å². The molecule has 1 amide bonds. The van der Waals surface area contributed by atoms with Gasteiger partial charge in [-0.1, -0.05) is 29.8 Å². The minimum Gasteiger partial charge on any atom is -0.506 e. The maximum Gasteiger partial charge on any atom is 0.264 e. The number of rotatable bonds is 5. The van der Waals surface area contributed by atoms with Crippen LogP contribution in [-0.4, -0.2) is 26.5 Å². The maximum atomic E-state index is 12.8. The fraction of sp³-hybridized carbons (Fsp3) is 0.0952. The van der Waals surface area contributed by atoms with E-state index < -0.39 is 15.9 Å². The molecule has 0 saturated heterocycles. The number of amides is 1. The van der Waals surface area contributed by atoms with Crippen molar-refractivity contribution in [2.45, 2.75) is 11.8 Å². The quantitative estimate of drug-likeness (QED) is 0.643. The van der Waals surface area contributed by atoms with Crippen molar-refractivity contribution in [2.24, 2.45) is 0 Å². The van der Waals surface area contributed by atoms with Crippen LogP contribution in [0.15, 0.2) is 77.7 Å². The second-order valence-corrected chi connectivity index (χ2v) is 8.27. The average molecular weight is 396 g/mol. The largest absolute Gasteiger partial charge is 0.506 e. The number of nitrogens with zero attached hydrogens (tertiary/aromatic N) is 1. The Hall–Kier alpha value is -3.32. The Morgan fingerprint density at radius 3 is 2.14 bits per heavy atom. The summed E-state index contributed by atoms with van der Waals surface area (Å²) in [6.45, 7) is 1.89. The molecule has 28 heavy (non-hydrogen) atoms. The second-order valence-electron chi connectivity index (χ2n) is 6.30. The highest BCUT2D eigenvalue weighted by molar-refractivity contribution is 7.92. The predicted octanol–water partition coefficient (Wildman–Crippen LogP) is 3.78. The smallest absolute Gasteiger partial charge is 0.264 e. The van der Waals surface area contributed by atoms with Crippen molar-refractivity contribution in [1.29, 1.82) is 0 Å². The maximum absolute atomic E-state index is 12.8. The zero-order chi connectivity index (χ0) is 20.3. The number of aromatic hydroxyl groups is 1. The molecule has 0 heterocycles. The number of hydrogen-bond donors (Lipinski definition) is 2. The Bertz CT molecular complexity index is 1090. The Labute approximate surface area is 164 Å². The lowest BCUT2D eigenvalue weighted by atomic mass is 10.2. The van der Waals surface area contributed by atoms with Crippen molar-refractivity contribution in [2.75, 3.05) is 16.7 Å². The van der Waals surface area contributed by atoms with Gasteiger partial charge in [0, 0.05) is 12.6 Å². The van der Waals surface area contributed by atoms with Gasteiger partial charge in [0.25, 0.3) is 15.9 Å². The molecule has 0 aliphatic carbocycles. The van der Waals surface area contributed by atoms with Crippen LogP contribution in [0.3, 0.4) is 0 Å². The fourth-order valence-corrected chi connectivity index (χ4v) is 3.80. The van der Waals surface area contributed by atoms with Gasteiger partial charge in [0.05, 0.1) is 16.3 Å². The summed E-state index contributed by atoms with van der Waals surface area (Å²) >= 11 is 0. The van der Waals surface area contributed by atoms with Gasteiger partial charge in [0.15, 0.2) is 0 Å². The predicted molar refractivity (Wildman–Crippen MR) is 109 cm³/mol. The molecule has 3 aromatic carbocycles. The third kappa shape index (κ3) is 3.99. The lowest BCUT2D eigenvalue weighted by Gasteiger charge is -2.20. The van der Waals surface area contributed by atoms with Crippen LogP contribution in [0.4, 0.5) is 11.4 Å². The van der Waals surface area contributed by atoms with Gasteiger partial charge < -0.3 is 10.4 Å². The summed E-state index contributed by atoms with van der Waals surface area (Å²) in [5.41, 5.74) is 2.05. The molecule has 0 radical (unpaired) electrons. The number of sulfonamides is 1. The van der Waals surface area contributed by atoms with Gasteiger partial charge in [-0.15, -0.1) is 0 Å². The monoisotopic (exact) mass is 396 g/mol. The molecule has 0 unspecified atom stereocenters. The van der Waals surface area contributed by atoms with Gasteiger partial charge in [-0.05, 0) is 55.5 Å². The first-order chi connectivity index (χ1) is 13.3. The summed E-state index contributed by atoms with van der Waals surface area (Å²) in [5.74, 6) is -0.437. The molecule has 0 bridgehead atoms. The summed E-state index contributed by atoms with van der Waals surface area (Å²) in [7, 11) is -2.23. The summed E-state index contributed by atoms with van der Waals surface area (Å²) in [4.78, 5) is 12.5. The molecule has 0 aromatic heterocycles. The zero-order valence-corrected chi connectivity index (χ0v) is 16.3. The summed E-state index contributed by atoms with van der Waals surface area (Å²) < 4.78 is 26.7. The van der Waals surface area contributed by atoms with E-state index in [4.69, 9.17) is 0 Å². The number of phenolic OH excluding ortho intramolecular Hbond substituents is 1. The van der Waals surface area contributed by atoms with E-state index >= 15 is 0 Å². The molecule has 0 saturated carbocycles. The molecule has 3 rings (SSSR count). The molecule has 0 aliphatic heterocycles. The van der Waals surface area contributed by atoms with Gasteiger partial charge in [0.1, 0.15) is 5.75 Å². The second kappa shape index (κ2) is 7.74. The highest BCUT2D eigenvalue weighted by Gasteiger charge is 2.21. The SMILES string of the molecule is Cc1ccc(S(=O)(=O)N(C)c2ccc(C(=O)Nc3ccccc3O)cc2)cc1. The zero-order valence-electron chi connectivity index (χ0n) is 15.5. The van der Waals surface area contributed by atoms with Crippen LogP contribution in [0.1, 0.15) is 15.9 Å². The van der Waals surface area contributed by atoms with Crippen molar-refractivity contribution in [1.82, 2.24) is 0 Å². The van der Waals surface area contributed by atoms with Crippen LogP contribution < -0.4 is 9.62 Å². The number of aryl methyl sites for hydroxylation is 1. The molecule has 0 spiro atoms. The van der Waals surface area contributed by atoms with E-state index in [2.05, 4.69) is 5.32 Å². The van der Waals surface area contributed by atoms with Crippen LogP contribution in [0, 0.1) is 6.92 Å². The average Bonchev–Trinajstić information content (AvgIpc) is 2.69. The van der Waals surface area contributed by atoms with Crippen molar-refractivity contribution in [3.63, 3.8) is 0 Å². The van der Waals surface area contributed by atoms with E-state index in [1.165, 1.54) is 29.6 Å². The van der Waals surface area contributed by atoms with E-state index in [0.29, 0.717) is 16.9 Å². The highest BCUT2D eigenvalue weighted by Crippen LogP contribution is 2.24. The normalized spacial score (nSPS) is 11.1. The topological polar surface area (TPSA) is 86.7 Å². The van der Waals surface area contributed by atoms with Crippen molar-refractivity contribution in [3.8, 4) is 5.75 Å². The number of nitrogens with one attached hydrogen (secondary N) is 1. The van der Waals surface area contributed by atoms with Crippen molar-refractivity contribution in [3.05, 3.63) is 83.9 Å². The molecular weight excluding hydrogens is 376 g/mol. The Morgan fingerprint density at radius 1 is 0.929 bits per heavy atom. The molecule has 0 atom stereocenters. The van der Waals surface area contributed by atoms with Crippen LogP contribution >= 0.6 is 0 Å². The number of phenols is 1. The molecule has 7 heteroatoms. The third-order valence-electron chi connectivity index (χ3n) is 4.32. The first kappa shape index (κ1) is 19.4. The fourth-order valence-electron chi connectivity index (χ4n) is 2.60. The number of anilines is 2. The molecule has 144 valence electrons. The van der Waals surface area contributed by atoms with Crippen LogP contribution in [0.5, 0.6) is 5.75 Å². The van der Waals surface area contributed by atoms with E-state index in [1.54, 1.807) is 54.6 Å². The van der Waals surface area contributed by atoms with E-state index in [9.17, 15) is 18.3 Å². The highest BCUT2D eigenvalue weighted by atomic mass is 32.2. The number of hydrogen-bond acceptors (Lipinski definition) is 4. The Balaban J connectivity index is 1.79. The van der Waals surface area contributed by atoms with Crippen molar-refractivity contribution < 1.29 is 18.3 Å². The first-order valence-corrected chi connectivity index (χ1v) is 9.98. The molecule has 6 nitrogen and oxygen atoms in total. The number of para-hydroxylation sites is 2. The van der Waals surface area contributed by atoms with Gasteiger partial charge in [0.2, 0.25) is 0 Å². The van der Waals surface area contributed by atoms with Crippen molar-refractivity contribution >= 4 is 27.3 Å². The minimum absolute atomic E-state index is 0.0311. The summed E-state index contributed by atoms with van der Waals surface area (Å²) in [6.07, 6.45) is 0. The number of benzene rings is 3. The molecular formula is C21H20N2O4S. The van der Waals surface area contributed by atoms with Gasteiger partial charge in [-0.2, -0.15) is 0 Å². The Kier molecular flexibility index (Phi) is 5.37. The lowest BCUT2D eigenvalue weighted by Crippen LogP contribution is -2.26. The molecule has 0 fully saturated rings. The number of carbonyl (C=O) groups is 1. The Morgan fingerprint density at radius 2 is 1.54 bits per heavy atom. The van der Waals surface area contributed by atoms with E-state index in [-0.39, 0.29) is 10.6 Å². The number of carbonyl (C=O) groups excluding carboxylic acids is 1. The third-order valence-corrected chi connectivity index (χ3v) is 6.12. The first-order valence-electron chi connectivity index (χ1n) is 8.54. The van der Waals surface area contributed by atoms with Crippen LogP contribution in [0.2, 0.25) is 0 Å². The van der Waals surface area contributed by atoms with Crippen LogP contribution in [0.25, 0.3) is 0 Å². The molecule has 0 aliphatic rings. The van der Waals surface area contributed by atoms with Crippen LogP contribution in [-0.2, 0) is 10.0 Å². The van der Waals surface area contributed by atoms with Gasteiger partial charge in [-0.3, -0.25) is 9.10 Å². The standard InChI is InChI=1S/C21H20N2O4S/c1-15-7-13-18(14-8-15)28(26,27)23(2)17-11-9-16(10-12-17)21(25)22-19-5-3-4-6-20(19)24/h3-14,24H,1-2H3,(H,22,25). The van der Waals surface area contributed by atoms with E-state index in [1.807, 2.05) is 6.92 Å².